The number of sulfonamides is 1. The van der Waals surface area contributed by atoms with Gasteiger partial charge < -0.3 is 10.1 Å². The van der Waals surface area contributed by atoms with Gasteiger partial charge in [0.25, 0.3) is 5.91 Å². The molecule has 0 spiro atoms. The molecule has 0 aromatic heterocycles. The molecule has 0 unspecified atom stereocenters. The van der Waals surface area contributed by atoms with Gasteiger partial charge in [-0.25, -0.2) is 12.8 Å². The molecule has 2 aromatic rings. The first kappa shape index (κ1) is 17.2. The van der Waals surface area contributed by atoms with Crippen LogP contribution in [-0.2, 0) is 16.4 Å². The number of fused-ring (bicyclic) bond motifs is 1. The van der Waals surface area contributed by atoms with Crippen LogP contribution in [0.1, 0.15) is 15.9 Å². The summed E-state index contributed by atoms with van der Waals surface area (Å²) in [5, 5.41) is 2.59. The Morgan fingerprint density at radius 1 is 1.24 bits per heavy atom. The van der Waals surface area contributed by atoms with Gasteiger partial charge in [0.05, 0.1) is 19.1 Å². The van der Waals surface area contributed by atoms with Gasteiger partial charge in [0, 0.05) is 23.9 Å². The van der Waals surface area contributed by atoms with Gasteiger partial charge in [-0.3, -0.25) is 9.10 Å². The largest absolute Gasteiger partial charge is 0.494 e. The van der Waals surface area contributed by atoms with E-state index in [1.165, 1.54) is 23.5 Å². The molecule has 132 valence electrons. The molecule has 3 rings (SSSR count). The van der Waals surface area contributed by atoms with E-state index in [1.807, 2.05) is 0 Å². The van der Waals surface area contributed by atoms with Crippen molar-refractivity contribution in [1.29, 1.82) is 0 Å². The highest BCUT2D eigenvalue weighted by molar-refractivity contribution is 7.92. The van der Waals surface area contributed by atoms with Gasteiger partial charge >= 0.3 is 0 Å². The Morgan fingerprint density at radius 3 is 2.64 bits per heavy atom. The molecular weight excluding hydrogens is 347 g/mol. The number of nitrogens with zero attached hydrogens (tertiary/aromatic N) is 1. The quantitative estimate of drug-likeness (QED) is 0.904. The van der Waals surface area contributed by atoms with E-state index < -0.39 is 21.7 Å². The number of hydrogen-bond donors (Lipinski definition) is 1. The van der Waals surface area contributed by atoms with Gasteiger partial charge in [-0.1, -0.05) is 6.07 Å². The Labute approximate surface area is 145 Å². The Kier molecular flexibility index (Phi) is 4.38. The third kappa shape index (κ3) is 3.43. The maximum absolute atomic E-state index is 13.7. The molecule has 1 aliphatic rings. The van der Waals surface area contributed by atoms with Crippen molar-refractivity contribution in [2.45, 2.75) is 6.42 Å². The molecule has 8 heteroatoms. The molecule has 25 heavy (non-hydrogen) atoms. The van der Waals surface area contributed by atoms with Crippen molar-refractivity contribution >= 4 is 27.3 Å². The van der Waals surface area contributed by atoms with E-state index in [-0.39, 0.29) is 11.4 Å². The number of halogens is 1. The molecule has 1 N–H and O–H groups in total. The Morgan fingerprint density at radius 2 is 2.00 bits per heavy atom. The van der Waals surface area contributed by atoms with Crippen molar-refractivity contribution in [3.63, 3.8) is 0 Å². The molecule has 0 atom stereocenters. The minimum absolute atomic E-state index is 0.0827. The minimum atomic E-state index is -3.39. The first-order valence-electron chi connectivity index (χ1n) is 7.55. The molecule has 1 aliphatic heterocycles. The van der Waals surface area contributed by atoms with Crippen LogP contribution in [0.5, 0.6) is 5.75 Å². The number of rotatable bonds is 4. The number of benzene rings is 2. The minimum Gasteiger partial charge on any atom is -0.494 e. The summed E-state index contributed by atoms with van der Waals surface area (Å²) in [6.07, 6.45) is 1.74. The summed E-state index contributed by atoms with van der Waals surface area (Å²) >= 11 is 0. The molecule has 0 saturated carbocycles. The standard InChI is InChI=1S/C17H17FN2O4S/c1-24-16-6-5-13(10-14(16)18)19-17(21)12-4-3-11-7-8-20(15(11)9-12)25(2,22)23/h3-6,9-10H,7-8H2,1-2H3,(H,19,21). The fourth-order valence-corrected chi connectivity index (χ4v) is 3.73. The monoisotopic (exact) mass is 364 g/mol. The first-order chi connectivity index (χ1) is 11.8. The zero-order valence-electron chi connectivity index (χ0n) is 13.7. The highest BCUT2D eigenvalue weighted by atomic mass is 32.2. The maximum Gasteiger partial charge on any atom is 0.255 e. The van der Waals surface area contributed by atoms with E-state index in [0.29, 0.717) is 24.2 Å². The lowest BCUT2D eigenvalue weighted by Crippen LogP contribution is -2.27. The summed E-state index contributed by atoms with van der Waals surface area (Å²) in [7, 11) is -2.04. The number of amides is 1. The topological polar surface area (TPSA) is 75.7 Å². The number of anilines is 2. The third-order valence-electron chi connectivity index (χ3n) is 4.01. The summed E-state index contributed by atoms with van der Waals surface area (Å²) in [6.45, 7) is 0.364. The van der Waals surface area contributed by atoms with Gasteiger partial charge in [0.1, 0.15) is 0 Å². The van der Waals surface area contributed by atoms with Crippen molar-refractivity contribution in [2.75, 3.05) is 29.5 Å². The van der Waals surface area contributed by atoms with Crippen molar-refractivity contribution in [1.82, 2.24) is 0 Å². The maximum atomic E-state index is 13.7. The normalized spacial score (nSPS) is 13.5. The van der Waals surface area contributed by atoms with Crippen LogP contribution in [0, 0.1) is 5.82 Å². The molecule has 6 nitrogen and oxygen atoms in total. The van der Waals surface area contributed by atoms with Crippen LogP contribution < -0.4 is 14.4 Å². The lowest BCUT2D eigenvalue weighted by molar-refractivity contribution is 0.102. The smallest absolute Gasteiger partial charge is 0.255 e. The van der Waals surface area contributed by atoms with E-state index in [2.05, 4.69) is 5.32 Å². The number of hydrogen-bond acceptors (Lipinski definition) is 4. The van der Waals surface area contributed by atoms with Crippen LogP contribution in [0.15, 0.2) is 36.4 Å². The summed E-state index contributed by atoms with van der Waals surface area (Å²) in [5.74, 6) is -0.954. The van der Waals surface area contributed by atoms with Crippen LogP contribution in [0.2, 0.25) is 0 Å². The molecular formula is C17H17FN2O4S. The summed E-state index contributed by atoms with van der Waals surface area (Å²) in [5.41, 5.74) is 1.96. The van der Waals surface area contributed by atoms with Crippen LogP contribution in [0.4, 0.5) is 15.8 Å². The molecule has 0 aliphatic carbocycles. The molecule has 0 saturated heterocycles. The van der Waals surface area contributed by atoms with Crippen LogP contribution >= 0.6 is 0 Å². The predicted molar refractivity (Wildman–Crippen MR) is 93.2 cm³/mol. The Bertz CT molecular complexity index is 944. The van der Waals surface area contributed by atoms with Crippen molar-refractivity contribution in [3.8, 4) is 5.75 Å². The predicted octanol–water partition coefficient (Wildman–Crippen LogP) is 2.41. The average Bonchev–Trinajstić information content (AvgIpc) is 2.98. The molecule has 2 aromatic carbocycles. The van der Waals surface area contributed by atoms with E-state index in [4.69, 9.17) is 4.74 Å². The van der Waals surface area contributed by atoms with Gasteiger partial charge in [0.2, 0.25) is 10.0 Å². The molecule has 1 heterocycles. The zero-order chi connectivity index (χ0) is 18.2. The second-order valence-electron chi connectivity index (χ2n) is 5.73. The first-order valence-corrected chi connectivity index (χ1v) is 9.40. The fourth-order valence-electron chi connectivity index (χ4n) is 2.78. The second kappa shape index (κ2) is 6.36. The summed E-state index contributed by atoms with van der Waals surface area (Å²) in [6, 6.07) is 9.00. The van der Waals surface area contributed by atoms with Crippen molar-refractivity contribution in [2.24, 2.45) is 0 Å². The lowest BCUT2D eigenvalue weighted by atomic mass is 10.1. The average molecular weight is 364 g/mol. The van der Waals surface area contributed by atoms with Crippen LogP contribution in [-0.4, -0.2) is 34.2 Å². The van der Waals surface area contributed by atoms with Crippen LogP contribution in [0.3, 0.4) is 0 Å². The summed E-state index contributed by atoms with van der Waals surface area (Å²) in [4.78, 5) is 12.4. The van der Waals surface area contributed by atoms with Crippen molar-refractivity contribution in [3.05, 3.63) is 53.3 Å². The van der Waals surface area contributed by atoms with Gasteiger partial charge in [-0.05, 0) is 36.2 Å². The van der Waals surface area contributed by atoms with Gasteiger partial charge in [0.15, 0.2) is 11.6 Å². The van der Waals surface area contributed by atoms with Crippen LogP contribution in [0.25, 0.3) is 0 Å². The van der Waals surface area contributed by atoms with E-state index >= 15 is 0 Å². The third-order valence-corrected chi connectivity index (χ3v) is 5.19. The molecule has 0 bridgehead atoms. The SMILES string of the molecule is COc1ccc(NC(=O)c2ccc3c(c2)N(S(C)(=O)=O)CC3)cc1F. The number of ether oxygens (including phenoxy) is 1. The molecule has 1 amide bonds. The highest BCUT2D eigenvalue weighted by Gasteiger charge is 2.27. The van der Waals surface area contributed by atoms with E-state index in [9.17, 15) is 17.6 Å². The molecule has 0 fully saturated rings. The van der Waals surface area contributed by atoms with Gasteiger partial charge in [-0.2, -0.15) is 0 Å². The number of nitrogens with one attached hydrogen (secondary N) is 1. The van der Waals surface area contributed by atoms with E-state index in [1.54, 1.807) is 18.2 Å². The van der Waals surface area contributed by atoms with Gasteiger partial charge in [-0.15, -0.1) is 0 Å². The number of carbonyl (C=O) groups excluding carboxylic acids is 1. The second-order valence-corrected chi connectivity index (χ2v) is 7.64. The summed E-state index contributed by atoms with van der Waals surface area (Å²) < 4.78 is 43.5. The fraction of sp³-hybridized carbons (Fsp3) is 0.235. The Balaban J connectivity index is 1.85. The number of carbonyl (C=O) groups is 1. The molecule has 0 radical (unpaired) electrons. The van der Waals surface area contributed by atoms with E-state index in [0.717, 1.165) is 17.9 Å². The number of methoxy groups -OCH3 is 1. The zero-order valence-corrected chi connectivity index (χ0v) is 14.6. The highest BCUT2D eigenvalue weighted by Crippen LogP contribution is 2.31. The lowest BCUT2D eigenvalue weighted by Gasteiger charge is -2.17. The van der Waals surface area contributed by atoms with Crippen molar-refractivity contribution < 1.29 is 22.3 Å². The Hall–Kier alpha value is -2.61.